The molecule has 3 rings (SSSR count). The van der Waals surface area contributed by atoms with E-state index in [0.717, 1.165) is 43.9 Å². The first-order valence-electron chi connectivity index (χ1n) is 7.89. The van der Waals surface area contributed by atoms with Crippen molar-refractivity contribution in [2.24, 2.45) is 0 Å². The molecule has 2 aromatic rings. The van der Waals surface area contributed by atoms with Gasteiger partial charge in [0.15, 0.2) is 0 Å². The van der Waals surface area contributed by atoms with Gasteiger partial charge >= 0.3 is 0 Å². The maximum Gasteiger partial charge on any atom is 0.241 e. The summed E-state index contributed by atoms with van der Waals surface area (Å²) in [6, 6.07) is 8.01. The summed E-state index contributed by atoms with van der Waals surface area (Å²) in [5, 5.41) is 8.31. The zero-order chi connectivity index (χ0) is 16.1. The van der Waals surface area contributed by atoms with Gasteiger partial charge in [0.05, 0.1) is 17.2 Å². The van der Waals surface area contributed by atoms with E-state index in [9.17, 15) is 4.79 Å². The average Bonchev–Trinajstić information content (AvgIpc) is 3.20. The Morgan fingerprint density at radius 3 is 3.13 bits per heavy atom. The zero-order valence-electron chi connectivity index (χ0n) is 13.3. The highest BCUT2D eigenvalue weighted by Gasteiger charge is 2.21. The van der Waals surface area contributed by atoms with Crippen molar-refractivity contribution >= 4 is 22.9 Å². The Balaban J connectivity index is 1.57. The second-order valence-corrected chi connectivity index (χ2v) is 6.71. The number of rotatable bonds is 6. The van der Waals surface area contributed by atoms with Crippen molar-refractivity contribution in [1.82, 2.24) is 15.2 Å². The van der Waals surface area contributed by atoms with Crippen LogP contribution in [0.25, 0.3) is 0 Å². The molecule has 0 saturated carbocycles. The van der Waals surface area contributed by atoms with E-state index in [1.807, 2.05) is 23.7 Å². The van der Waals surface area contributed by atoms with Crippen molar-refractivity contribution in [3.8, 4) is 0 Å². The van der Waals surface area contributed by atoms with Crippen LogP contribution in [0.2, 0.25) is 0 Å². The molecule has 1 aromatic carbocycles. The van der Waals surface area contributed by atoms with Crippen LogP contribution in [-0.2, 0) is 17.9 Å². The second kappa shape index (κ2) is 7.68. The van der Waals surface area contributed by atoms with Crippen LogP contribution in [0.3, 0.4) is 0 Å². The van der Waals surface area contributed by atoms with Crippen LogP contribution >= 0.6 is 11.3 Å². The van der Waals surface area contributed by atoms with E-state index in [1.165, 1.54) is 5.56 Å². The molecule has 0 spiro atoms. The number of thiazole rings is 1. The van der Waals surface area contributed by atoms with E-state index in [-0.39, 0.29) is 11.9 Å². The molecule has 1 saturated heterocycles. The van der Waals surface area contributed by atoms with Crippen molar-refractivity contribution in [2.45, 2.75) is 32.0 Å². The largest absolute Gasteiger partial charge is 0.325 e. The summed E-state index contributed by atoms with van der Waals surface area (Å²) in [4.78, 5) is 18.7. The number of nitrogens with one attached hydrogen (secondary N) is 2. The summed E-state index contributed by atoms with van der Waals surface area (Å²) in [6.07, 6.45) is 1.99. The topological polar surface area (TPSA) is 57.3 Å². The molecule has 122 valence electrons. The summed E-state index contributed by atoms with van der Waals surface area (Å²) >= 11 is 1.62. The highest BCUT2D eigenvalue weighted by atomic mass is 32.1. The Labute approximate surface area is 140 Å². The van der Waals surface area contributed by atoms with Gasteiger partial charge in [-0.1, -0.05) is 12.1 Å². The van der Waals surface area contributed by atoms with Gasteiger partial charge in [0.1, 0.15) is 0 Å². The molecule has 2 heterocycles. The van der Waals surface area contributed by atoms with Gasteiger partial charge in [-0.25, -0.2) is 4.98 Å². The van der Waals surface area contributed by atoms with Crippen molar-refractivity contribution in [3.05, 3.63) is 46.4 Å². The van der Waals surface area contributed by atoms with Crippen molar-refractivity contribution in [3.63, 3.8) is 0 Å². The predicted molar refractivity (Wildman–Crippen MR) is 93.4 cm³/mol. The summed E-state index contributed by atoms with van der Waals surface area (Å²) in [5.41, 5.74) is 4.99. The van der Waals surface area contributed by atoms with Gasteiger partial charge in [-0.15, -0.1) is 11.3 Å². The van der Waals surface area contributed by atoms with Gasteiger partial charge in [-0.3, -0.25) is 9.69 Å². The summed E-state index contributed by atoms with van der Waals surface area (Å²) in [7, 11) is 2.08. The third-order valence-electron chi connectivity index (χ3n) is 3.94. The van der Waals surface area contributed by atoms with Crippen LogP contribution < -0.4 is 10.6 Å². The molecule has 1 amide bonds. The molecule has 5 nitrogen and oxygen atoms in total. The number of benzene rings is 1. The number of carbonyl (C=O) groups excluding carboxylic acids is 1. The summed E-state index contributed by atoms with van der Waals surface area (Å²) < 4.78 is 0. The molecule has 1 atom stereocenters. The Bertz CT molecular complexity index is 638. The van der Waals surface area contributed by atoms with Gasteiger partial charge in [-0.05, 0) is 44.1 Å². The minimum Gasteiger partial charge on any atom is -0.325 e. The summed E-state index contributed by atoms with van der Waals surface area (Å²) in [5.74, 6) is 0.0653. The van der Waals surface area contributed by atoms with Crippen LogP contribution in [0, 0.1) is 0 Å². The number of nitrogens with zero attached hydrogens (tertiary/aromatic N) is 2. The number of anilines is 1. The van der Waals surface area contributed by atoms with E-state index in [1.54, 1.807) is 11.3 Å². The van der Waals surface area contributed by atoms with E-state index in [0.29, 0.717) is 0 Å². The van der Waals surface area contributed by atoms with Gasteiger partial charge in [0.25, 0.3) is 0 Å². The molecule has 0 bridgehead atoms. The zero-order valence-corrected chi connectivity index (χ0v) is 14.1. The predicted octanol–water partition coefficient (Wildman–Crippen LogP) is 2.47. The molecule has 2 N–H and O–H groups in total. The Kier molecular flexibility index (Phi) is 5.38. The van der Waals surface area contributed by atoms with E-state index in [2.05, 4.69) is 39.0 Å². The number of carbonyl (C=O) groups is 1. The first-order valence-corrected chi connectivity index (χ1v) is 8.84. The van der Waals surface area contributed by atoms with Gasteiger partial charge < -0.3 is 10.6 Å². The molecular formula is C17H22N4OS. The highest BCUT2D eigenvalue weighted by molar-refractivity contribution is 7.07. The lowest BCUT2D eigenvalue weighted by Gasteiger charge is -2.16. The number of aromatic nitrogens is 1. The minimum absolute atomic E-state index is 0.0500. The van der Waals surface area contributed by atoms with Crippen molar-refractivity contribution < 1.29 is 4.79 Å². The van der Waals surface area contributed by atoms with E-state index >= 15 is 0 Å². The Hall–Kier alpha value is -1.76. The third-order valence-corrected chi connectivity index (χ3v) is 4.57. The molecule has 1 aliphatic rings. The van der Waals surface area contributed by atoms with Crippen LogP contribution in [-0.4, -0.2) is 35.4 Å². The first kappa shape index (κ1) is 16.1. The van der Waals surface area contributed by atoms with Crippen molar-refractivity contribution in [1.29, 1.82) is 0 Å². The quantitative estimate of drug-likeness (QED) is 0.854. The maximum absolute atomic E-state index is 12.2. The highest BCUT2D eigenvalue weighted by Crippen LogP contribution is 2.15. The van der Waals surface area contributed by atoms with E-state index < -0.39 is 0 Å². The third kappa shape index (κ3) is 4.60. The molecule has 0 radical (unpaired) electrons. The van der Waals surface area contributed by atoms with Gasteiger partial charge in [-0.2, -0.15) is 0 Å². The first-order chi connectivity index (χ1) is 11.2. The maximum atomic E-state index is 12.2. The lowest BCUT2D eigenvalue weighted by Crippen LogP contribution is -2.35. The SMILES string of the molecule is CN(Cc1cccc(NC(=O)[C@H]2CCCN2)c1)Cc1cscn1. The monoisotopic (exact) mass is 330 g/mol. The van der Waals surface area contributed by atoms with Crippen LogP contribution in [0.5, 0.6) is 0 Å². The molecule has 1 aliphatic heterocycles. The molecule has 0 aliphatic carbocycles. The molecule has 1 fully saturated rings. The fraction of sp³-hybridized carbons (Fsp3) is 0.412. The number of hydrogen-bond acceptors (Lipinski definition) is 5. The number of hydrogen-bond donors (Lipinski definition) is 2. The Morgan fingerprint density at radius 1 is 1.48 bits per heavy atom. The van der Waals surface area contributed by atoms with Crippen LogP contribution in [0.1, 0.15) is 24.1 Å². The van der Waals surface area contributed by atoms with Gasteiger partial charge in [0.2, 0.25) is 5.91 Å². The van der Waals surface area contributed by atoms with Gasteiger partial charge in [0, 0.05) is 24.2 Å². The van der Waals surface area contributed by atoms with Crippen molar-refractivity contribution in [2.75, 3.05) is 18.9 Å². The average molecular weight is 330 g/mol. The van der Waals surface area contributed by atoms with Crippen LogP contribution in [0.4, 0.5) is 5.69 Å². The van der Waals surface area contributed by atoms with E-state index in [4.69, 9.17) is 0 Å². The second-order valence-electron chi connectivity index (χ2n) is 5.99. The smallest absolute Gasteiger partial charge is 0.241 e. The van der Waals surface area contributed by atoms with Crippen LogP contribution in [0.15, 0.2) is 35.2 Å². The molecule has 23 heavy (non-hydrogen) atoms. The molecular weight excluding hydrogens is 308 g/mol. The number of amides is 1. The summed E-state index contributed by atoms with van der Waals surface area (Å²) in [6.45, 7) is 2.58. The molecule has 0 unspecified atom stereocenters. The lowest BCUT2D eigenvalue weighted by molar-refractivity contribution is -0.117. The minimum atomic E-state index is -0.0500. The normalized spacial score (nSPS) is 17.6. The molecule has 1 aromatic heterocycles. The fourth-order valence-corrected chi connectivity index (χ4v) is 3.39. The lowest BCUT2D eigenvalue weighted by atomic mass is 10.1. The Morgan fingerprint density at radius 2 is 2.39 bits per heavy atom. The standard InChI is InChI=1S/C17H22N4OS/c1-21(10-15-11-23-12-19-15)9-13-4-2-5-14(8-13)20-17(22)16-6-3-7-18-16/h2,4-5,8,11-12,16,18H,3,6-7,9-10H2,1H3,(H,20,22)/t16-/m1/s1. The molecule has 6 heteroatoms. The fourth-order valence-electron chi connectivity index (χ4n) is 2.84.